The summed E-state index contributed by atoms with van der Waals surface area (Å²) in [7, 11) is 1.74. The lowest BCUT2D eigenvalue weighted by atomic mass is 9.88. The van der Waals surface area contributed by atoms with E-state index in [4.69, 9.17) is 10.5 Å². The molecule has 2 N–H and O–H groups in total. The van der Waals surface area contributed by atoms with Gasteiger partial charge in [-0.25, -0.2) is 0 Å². The maximum Gasteiger partial charge on any atom is 0.122 e. The Morgan fingerprint density at radius 1 is 1.38 bits per heavy atom. The molecule has 1 aliphatic rings. The Morgan fingerprint density at radius 2 is 2.10 bits per heavy atom. The van der Waals surface area contributed by atoms with Crippen molar-refractivity contribution in [3.63, 3.8) is 0 Å². The van der Waals surface area contributed by atoms with E-state index in [-0.39, 0.29) is 5.54 Å². The molecule has 0 bridgehead atoms. The van der Waals surface area contributed by atoms with E-state index in [0.717, 1.165) is 18.7 Å². The molecule has 0 aliphatic carbocycles. The van der Waals surface area contributed by atoms with Gasteiger partial charge < -0.3 is 10.5 Å². The monoisotopic (exact) mass is 308 g/mol. The molecular weight excluding hydrogens is 280 g/mol. The standard InChI is InChI=1S/C17H28N2OS/c1-13-14(2)21-10-9-19(13)17(3,12-18)11-15-7-5-6-8-16(15)20-4/h5-8,13-14H,9-12,18H2,1-4H3. The number of benzene rings is 1. The minimum Gasteiger partial charge on any atom is -0.496 e. The summed E-state index contributed by atoms with van der Waals surface area (Å²) in [6, 6.07) is 8.83. The van der Waals surface area contributed by atoms with Crippen LogP contribution >= 0.6 is 11.8 Å². The number of ether oxygens (including phenoxy) is 1. The van der Waals surface area contributed by atoms with Crippen molar-refractivity contribution in [1.82, 2.24) is 4.90 Å². The van der Waals surface area contributed by atoms with Crippen LogP contribution in [-0.2, 0) is 6.42 Å². The van der Waals surface area contributed by atoms with Crippen molar-refractivity contribution in [2.75, 3.05) is 26.0 Å². The molecule has 0 spiro atoms. The summed E-state index contributed by atoms with van der Waals surface area (Å²) in [5, 5.41) is 0.655. The first-order valence-corrected chi connectivity index (χ1v) is 8.77. The van der Waals surface area contributed by atoms with E-state index >= 15 is 0 Å². The van der Waals surface area contributed by atoms with Crippen molar-refractivity contribution in [3.8, 4) is 5.75 Å². The molecule has 0 amide bonds. The molecule has 3 atom stereocenters. The maximum absolute atomic E-state index is 6.20. The average molecular weight is 308 g/mol. The van der Waals surface area contributed by atoms with Crippen molar-refractivity contribution >= 4 is 11.8 Å². The summed E-state index contributed by atoms with van der Waals surface area (Å²) in [4.78, 5) is 2.60. The Balaban J connectivity index is 2.24. The third-order valence-electron chi connectivity index (χ3n) is 4.78. The van der Waals surface area contributed by atoms with Crippen LogP contribution in [0.5, 0.6) is 5.75 Å². The predicted molar refractivity (Wildman–Crippen MR) is 92.2 cm³/mol. The Kier molecular flexibility index (Phi) is 5.58. The molecule has 3 nitrogen and oxygen atoms in total. The van der Waals surface area contributed by atoms with Crippen molar-refractivity contribution in [3.05, 3.63) is 29.8 Å². The molecule has 1 fully saturated rings. The van der Waals surface area contributed by atoms with Crippen LogP contribution in [0, 0.1) is 0 Å². The van der Waals surface area contributed by atoms with Gasteiger partial charge >= 0.3 is 0 Å². The number of thioether (sulfide) groups is 1. The third-order valence-corrected chi connectivity index (χ3v) is 6.12. The molecule has 0 saturated carbocycles. The SMILES string of the molecule is COc1ccccc1CC(C)(CN)N1CCSC(C)C1C. The van der Waals surface area contributed by atoms with E-state index in [2.05, 4.69) is 49.6 Å². The first kappa shape index (κ1) is 16.7. The van der Waals surface area contributed by atoms with Gasteiger partial charge in [0.2, 0.25) is 0 Å². The minimum absolute atomic E-state index is 0.0245. The Labute approximate surface area is 133 Å². The summed E-state index contributed by atoms with van der Waals surface area (Å²) < 4.78 is 5.51. The second-order valence-corrected chi connectivity index (χ2v) is 7.68. The molecule has 2 rings (SSSR count). The molecule has 0 radical (unpaired) electrons. The molecule has 21 heavy (non-hydrogen) atoms. The van der Waals surface area contributed by atoms with Gasteiger partial charge in [-0.15, -0.1) is 0 Å². The fourth-order valence-electron chi connectivity index (χ4n) is 3.25. The van der Waals surface area contributed by atoms with Gasteiger partial charge in [0.15, 0.2) is 0 Å². The number of methoxy groups -OCH3 is 1. The lowest BCUT2D eigenvalue weighted by molar-refractivity contribution is 0.0709. The number of rotatable bonds is 5. The second kappa shape index (κ2) is 7.03. The van der Waals surface area contributed by atoms with Gasteiger partial charge in [-0.05, 0) is 31.9 Å². The number of nitrogens with two attached hydrogens (primary N) is 1. The molecule has 1 saturated heterocycles. The van der Waals surface area contributed by atoms with Crippen LogP contribution in [0.2, 0.25) is 0 Å². The summed E-state index contributed by atoms with van der Waals surface area (Å²) in [6.07, 6.45) is 0.926. The molecule has 1 aliphatic heterocycles. The van der Waals surface area contributed by atoms with Crippen LogP contribution in [0.25, 0.3) is 0 Å². The minimum atomic E-state index is -0.0245. The topological polar surface area (TPSA) is 38.5 Å². The summed E-state index contributed by atoms with van der Waals surface area (Å²) in [6.45, 7) is 8.71. The number of nitrogens with zero attached hydrogens (tertiary/aromatic N) is 1. The Bertz CT molecular complexity index is 468. The zero-order valence-corrected chi connectivity index (χ0v) is 14.5. The fraction of sp³-hybridized carbons (Fsp3) is 0.647. The summed E-state index contributed by atoms with van der Waals surface area (Å²) >= 11 is 2.06. The quantitative estimate of drug-likeness (QED) is 0.908. The van der Waals surface area contributed by atoms with Crippen LogP contribution in [0.15, 0.2) is 24.3 Å². The van der Waals surface area contributed by atoms with Crippen LogP contribution in [0.4, 0.5) is 0 Å². The van der Waals surface area contributed by atoms with E-state index < -0.39 is 0 Å². The van der Waals surface area contributed by atoms with E-state index in [1.165, 1.54) is 11.3 Å². The van der Waals surface area contributed by atoms with Crippen LogP contribution in [0.3, 0.4) is 0 Å². The summed E-state index contributed by atoms with van der Waals surface area (Å²) in [5.41, 5.74) is 7.41. The van der Waals surface area contributed by atoms with Gasteiger partial charge in [-0.3, -0.25) is 4.90 Å². The summed E-state index contributed by atoms with van der Waals surface area (Å²) in [5.74, 6) is 2.15. The third kappa shape index (κ3) is 3.55. The predicted octanol–water partition coefficient (Wildman–Crippen LogP) is 2.78. The smallest absolute Gasteiger partial charge is 0.122 e. The van der Waals surface area contributed by atoms with Crippen molar-refractivity contribution in [2.24, 2.45) is 5.73 Å². The van der Waals surface area contributed by atoms with Gasteiger partial charge in [0.05, 0.1) is 7.11 Å². The maximum atomic E-state index is 6.20. The van der Waals surface area contributed by atoms with Crippen LogP contribution in [0.1, 0.15) is 26.3 Å². The second-order valence-electron chi connectivity index (χ2n) is 6.20. The zero-order valence-electron chi connectivity index (χ0n) is 13.6. The largest absolute Gasteiger partial charge is 0.496 e. The first-order chi connectivity index (χ1) is 10.0. The lowest BCUT2D eigenvalue weighted by Crippen LogP contribution is -2.60. The molecule has 1 aromatic rings. The highest BCUT2D eigenvalue weighted by Crippen LogP contribution is 2.33. The zero-order chi connectivity index (χ0) is 15.5. The normalized spacial score (nSPS) is 26.3. The van der Waals surface area contributed by atoms with Crippen molar-refractivity contribution in [2.45, 2.75) is 44.0 Å². The van der Waals surface area contributed by atoms with E-state index in [0.29, 0.717) is 17.8 Å². The number of hydrogen-bond acceptors (Lipinski definition) is 4. The highest BCUT2D eigenvalue weighted by Gasteiger charge is 2.38. The Hall–Kier alpha value is -0.710. The van der Waals surface area contributed by atoms with Crippen molar-refractivity contribution < 1.29 is 4.74 Å². The molecule has 1 heterocycles. The highest BCUT2D eigenvalue weighted by atomic mass is 32.2. The number of para-hydroxylation sites is 1. The highest BCUT2D eigenvalue weighted by molar-refractivity contribution is 8.00. The van der Waals surface area contributed by atoms with E-state index in [1.54, 1.807) is 7.11 Å². The molecule has 4 heteroatoms. The van der Waals surface area contributed by atoms with Crippen LogP contribution < -0.4 is 10.5 Å². The molecular formula is C17H28N2OS. The van der Waals surface area contributed by atoms with Gasteiger partial charge in [-0.1, -0.05) is 25.1 Å². The average Bonchev–Trinajstić information content (AvgIpc) is 2.50. The van der Waals surface area contributed by atoms with Crippen LogP contribution in [-0.4, -0.2) is 47.7 Å². The molecule has 118 valence electrons. The van der Waals surface area contributed by atoms with Gasteiger partial charge in [0.25, 0.3) is 0 Å². The molecule has 3 unspecified atom stereocenters. The van der Waals surface area contributed by atoms with Gasteiger partial charge in [0.1, 0.15) is 5.75 Å². The van der Waals surface area contributed by atoms with E-state index in [1.807, 2.05) is 12.1 Å². The van der Waals surface area contributed by atoms with Gasteiger partial charge in [-0.2, -0.15) is 11.8 Å². The number of hydrogen-bond donors (Lipinski definition) is 1. The fourth-order valence-corrected chi connectivity index (χ4v) is 4.34. The Morgan fingerprint density at radius 3 is 2.76 bits per heavy atom. The lowest BCUT2D eigenvalue weighted by Gasteiger charge is -2.49. The van der Waals surface area contributed by atoms with E-state index in [9.17, 15) is 0 Å². The van der Waals surface area contributed by atoms with Crippen molar-refractivity contribution in [1.29, 1.82) is 0 Å². The van der Waals surface area contributed by atoms with Gasteiger partial charge in [0, 0.05) is 35.7 Å². The molecule has 0 aromatic heterocycles. The molecule has 1 aromatic carbocycles. The first-order valence-electron chi connectivity index (χ1n) is 7.72.